The molecule has 2 N–H and O–H groups in total. The van der Waals surface area contributed by atoms with Gasteiger partial charge in [0.15, 0.2) is 0 Å². The van der Waals surface area contributed by atoms with Crippen molar-refractivity contribution in [2.45, 2.75) is 115 Å². The number of amides is 2. The third kappa shape index (κ3) is 4.90. The van der Waals surface area contributed by atoms with Crippen LogP contribution >= 0.6 is 0 Å². The summed E-state index contributed by atoms with van der Waals surface area (Å²) in [5, 5.41) is 0. The molecule has 6 heteroatoms. The largest absolute Gasteiger partial charge is 0.366 e. The molecule has 2 amide bonds. The van der Waals surface area contributed by atoms with Crippen LogP contribution in [-0.4, -0.2) is 74.8 Å². The van der Waals surface area contributed by atoms with Crippen LogP contribution in [0.3, 0.4) is 0 Å². The zero-order valence-electron chi connectivity index (χ0n) is 23.0. The van der Waals surface area contributed by atoms with Crippen LogP contribution in [0.5, 0.6) is 0 Å². The van der Waals surface area contributed by atoms with E-state index < -0.39 is 5.91 Å². The normalized spacial score (nSPS) is 25.1. The van der Waals surface area contributed by atoms with E-state index in [9.17, 15) is 9.59 Å². The SMILES string of the molecule is CN1C(C)(C)CC(N(C(=O)c2cccc(C(N)=O)c2)C2CC(C)(C)N(C)C(C)(C)C2)CC1(C)C. The number of rotatable bonds is 4. The third-order valence-electron chi connectivity index (χ3n) is 8.99. The van der Waals surface area contributed by atoms with Gasteiger partial charge in [-0.3, -0.25) is 19.4 Å². The summed E-state index contributed by atoms with van der Waals surface area (Å²) < 4.78 is 0. The molecule has 0 atom stereocenters. The molecule has 3 rings (SSSR count). The number of carbonyl (C=O) groups excluding carboxylic acids is 2. The minimum atomic E-state index is -0.510. The fourth-order valence-corrected chi connectivity index (χ4v) is 6.61. The first kappa shape index (κ1) is 26.7. The van der Waals surface area contributed by atoms with Crippen molar-refractivity contribution in [2.24, 2.45) is 5.73 Å². The van der Waals surface area contributed by atoms with Crippen LogP contribution in [0.25, 0.3) is 0 Å². The van der Waals surface area contributed by atoms with E-state index in [1.807, 2.05) is 6.07 Å². The highest BCUT2D eigenvalue weighted by molar-refractivity contribution is 5.99. The summed E-state index contributed by atoms with van der Waals surface area (Å²) in [4.78, 5) is 33.2. The lowest BCUT2D eigenvalue weighted by Gasteiger charge is -2.60. The van der Waals surface area contributed by atoms with E-state index >= 15 is 0 Å². The Bertz CT molecular complexity index is 871. The summed E-state index contributed by atoms with van der Waals surface area (Å²) in [5.74, 6) is -0.505. The van der Waals surface area contributed by atoms with Crippen molar-refractivity contribution < 1.29 is 9.59 Å². The Labute approximate surface area is 206 Å². The zero-order chi connectivity index (χ0) is 25.9. The molecule has 2 fully saturated rings. The summed E-state index contributed by atoms with van der Waals surface area (Å²) in [7, 11) is 4.39. The van der Waals surface area contributed by atoms with E-state index in [4.69, 9.17) is 5.73 Å². The van der Waals surface area contributed by atoms with Crippen molar-refractivity contribution >= 4 is 11.8 Å². The summed E-state index contributed by atoms with van der Waals surface area (Å²) in [6, 6.07) is 7.12. The molecule has 0 saturated carbocycles. The molecule has 190 valence electrons. The highest BCUT2D eigenvalue weighted by Crippen LogP contribution is 2.44. The molecular formula is C28H46N4O2. The standard InChI is InChI=1S/C28H46N4O2/c1-25(2)15-21(16-26(3,4)30(25)9)32(22-17-27(5,6)31(10)28(7,8)18-22)24(34)20-13-11-12-19(14-20)23(29)33/h11-14,21-22H,15-18H2,1-10H3,(H2,29,33). The number of nitrogens with zero attached hydrogens (tertiary/aromatic N) is 3. The predicted octanol–water partition coefficient (Wildman–Crippen LogP) is 4.53. The van der Waals surface area contributed by atoms with Gasteiger partial charge in [-0.2, -0.15) is 0 Å². The maximum atomic E-state index is 14.3. The van der Waals surface area contributed by atoms with Crippen molar-refractivity contribution in [3.63, 3.8) is 0 Å². The van der Waals surface area contributed by atoms with Crippen LogP contribution in [0, 0.1) is 0 Å². The van der Waals surface area contributed by atoms with E-state index in [0.717, 1.165) is 25.7 Å². The second-order valence-corrected chi connectivity index (χ2v) is 13.1. The molecule has 2 heterocycles. The predicted molar refractivity (Wildman–Crippen MR) is 139 cm³/mol. The van der Waals surface area contributed by atoms with Crippen LogP contribution < -0.4 is 5.73 Å². The van der Waals surface area contributed by atoms with Gasteiger partial charge in [0, 0.05) is 45.4 Å². The minimum Gasteiger partial charge on any atom is -0.366 e. The minimum absolute atomic E-state index is 0.00501. The molecule has 0 unspecified atom stereocenters. The Kier molecular flexibility index (Phi) is 6.77. The van der Waals surface area contributed by atoms with Crippen molar-refractivity contribution in [2.75, 3.05) is 14.1 Å². The first-order chi connectivity index (χ1) is 15.4. The number of likely N-dealkylation sites (tertiary alicyclic amines) is 2. The van der Waals surface area contributed by atoms with Crippen LogP contribution in [0.4, 0.5) is 0 Å². The average molecular weight is 471 g/mol. The molecule has 2 aliphatic heterocycles. The molecule has 0 aromatic heterocycles. The number of hydrogen-bond donors (Lipinski definition) is 1. The van der Waals surface area contributed by atoms with E-state index in [2.05, 4.69) is 84.2 Å². The maximum Gasteiger partial charge on any atom is 0.254 e. The lowest BCUT2D eigenvalue weighted by atomic mass is 9.73. The first-order valence-electron chi connectivity index (χ1n) is 12.6. The van der Waals surface area contributed by atoms with E-state index in [1.54, 1.807) is 18.2 Å². The van der Waals surface area contributed by atoms with E-state index in [1.165, 1.54) is 0 Å². The Balaban J connectivity index is 2.10. The van der Waals surface area contributed by atoms with Gasteiger partial charge in [-0.1, -0.05) is 6.07 Å². The van der Waals surface area contributed by atoms with Crippen LogP contribution in [-0.2, 0) is 0 Å². The maximum absolute atomic E-state index is 14.3. The Morgan fingerprint density at radius 1 is 0.765 bits per heavy atom. The molecular weight excluding hydrogens is 424 g/mol. The number of primary amides is 1. The molecule has 0 aliphatic carbocycles. The van der Waals surface area contributed by atoms with Gasteiger partial charge in [-0.15, -0.1) is 0 Å². The summed E-state index contributed by atoms with van der Waals surface area (Å²) in [6.07, 6.45) is 3.62. The molecule has 34 heavy (non-hydrogen) atoms. The second kappa shape index (κ2) is 8.63. The van der Waals surface area contributed by atoms with Crippen molar-refractivity contribution in [3.05, 3.63) is 35.4 Å². The van der Waals surface area contributed by atoms with Gasteiger partial charge in [0.1, 0.15) is 0 Å². The first-order valence-corrected chi connectivity index (χ1v) is 12.6. The highest BCUT2D eigenvalue weighted by atomic mass is 16.2. The summed E-state index contributed by atoms with van der Waals surface area (Å²) in [6.45, 7) is 18.2. The fraction of sp³-hybridized carbons (Fsp3) is 0.714. The molecule has 0 bridgehead atoms. The third-order valence-corrected chi connectivity index (χ3v) is 8.99. The smallest absolute Gasteiger partial charge is 0.254 e. The summed E-state index contributed by atoms with van der Waals surface area (Å²) in [5.41, 5.74) is 6.28. The second-order valence-electron chi connectivity index (χ2n) is 13.1. The quantitative estimate of drug-likeness (QED) is 0.702. The van der Waals surface area contributed by atoms with Crippen molar-refractivity contribution in [1.29, 1.82) is 0 Å². The van der Waals surface area contributed by atoms with Crippen LogP contribution in [0.1, 0.15) is 102 Å². The summed E-state index contributed by atoms with van der Waals surface area (Å²) >= 11 is 0. The highest BCUT2D eigenvalue weighted by Gasteiger charge is 2.51. The Hall–Kier alpha value is -1.92. The molecule has 1 aromatic carbocycles. The molecule has 1 aromatic rings. The van der Waals surface area contributed by atoms with Gasteiger partial charge in [0.2, 0.25) is 5.91 Å². The lowest BCUT2D eigenvalue weighted by Crippen LogP contribution is -2.68. The monoisotopic (exact) mass is 470 g/mol. The molecule has 6 nitrogen and oxygen atoms in total. The number of carbonyl (C=O) groups is 2. The van der Waals surface area contributed by atoms with E-state index in [0.29, 0.717) is 11.1 Å². The molecule has 0 spiro atoms. The van der Waals surface area contributed by atoms with Crippen molar-refractivity contribution in [1.82, 2.24) is 14.7 Å². The number of nitrogens with two attached hydrogens (primary N) is 1. The number of hydrogen-bond acceptors (Lipinski definition) is 4. The van der Waals surface area contributed by atoms with Crippen LogP contribution in [0.15, 0.2) is 24.3 Å². The Morgan fingerprint density at radius 3 is 1.47 bits per heavy atom. The number of benzene rings is 1. The van der Waals surface area contributed by atoms with Gasteiger partial charge in [-0.05, 0) is 113 Å². The van der Waals surface area contributed by atoms with Gasteiger partial charge in [-0.25, -0.2) is 0 Å². The van der Waals surface area contributed by atoms with Gasteiger partial charge >= 0.3 is 0 Å². The van der Waals surface area contributed by atoms with Crippen molar-refractivity contribution in [3.8, 4) is 0 Å². The molecule has 0 radical (unpaired) electrons. The van der Waals surface area contributed by atoms with Gasteiger partial charge in [0.05, 0.1) is 0 Å². The van der Waals surface area contributed by atoms with E-state index in [-0.39, 0.29) is 40.1 Å². The topological polar surface area (TPSA) is 69.9 Å². The number of piperidine rings is 2. The molecule has 2 aliphatic rings. The van der Waals surface area contributed by atoms with Gasteiger partial charge in [0.25, 0.3) is 5.91 Å². The zero-order valence-corrected chi connectivity index (χ0v) is 23.0. The van der Waals surface area contributed by atoms with Gasteiger partial charge < -0.3 is 10.6 Å². The average Bonchev–Trinajstić information content (AvgIpc) is 2.69. The fourth-order valence-electron chi connectivity index (χ4n) is 6.61. The lowest BCUT2D eigenvalue weighted by molar-refractivity contribution is -0.0802. The van der Waals surface area contributed by atoms with Crippen LogP contribution in [0.2, 0.25) is 0 Å². The Morgan fingerprint density at radius 2 is 1.12 bits per heavy atom. The molecule has 2 saturated heterocycles.